The molecule has 0 bridgehead atoms. The van der Waals surface area contributed by atoms with Crippen LogP contribution >= 0.6 is 31.9 Å². The zero-order valence-corrected chi connectivity index (χ0v) is 75.7. The third-order valence-corrected chi connectivity index (χ3v) is 25.7. The molecule has 648 valence electrons. The van der Waals surface area contributed by atoms with Crippen molar-refractivity contribution < 1.29 is 28.4 Å². The molecule has 24 rings (SSSR count). The first-order chi connectivity index (χ1) is 65.8. The summed E-state index contributed by atoms with van der Waals surface area (Å²) in [4.78, 5) is 9.26. The van der Waals surface area contributed by atoms with Crippen molar-refractivity contribution in [3.8, 4) is 17.1 Å². The maximum Gasteiger partial charge on any atom is 0.184 e. The summed E-state index contributed by atoms with van der Waals surface area (Å²) < 4.78 is 43.7. The second-order valence-corrected chi connectivity index (χ2v) is 34.7. The van der Waals surface area contributed by atoms with Crippen LogP contribution in [0.15, 0.2) is 458 Å². The summed E-state index contributed by atoms with van der Waals surface area (Å²) in [5.74, 6) is 0. The maximum absolute atomic E-state index is 5.81. The number of benzene rings is 18. The van der Waals surface area contributed by atoms with Gasteiger partial charge in [0.1, 0.15) is 0 Å². The third-order valence-electron chi connectivity index (χ3n) is 24.7. The quantitative estimate of drug-likeness (QED) is 0.0790. The summed E-state index contributed by atoms with van der Waals surface area (Å²) in [5, 5.41) is 10.7. The Balaban J connectivity index is 0.000000160. The highest BCUT2D eigenvalue weighted by atomic mass is 79.9. The minimum atomic E-state index is -0.316. The molecule has 0 spiro atoms. The fourth-order valence-electron chi connectivity index (χ4n) is 18.5. The fraction of sp³-hybridized carbons (Fsp3) is 0.0769. The zero-order valence-electron chi connectivity index (χ0n) is 72.5. The van der Waals surface area contributed by atoms with Crippen molar-refractivity contribution in [2.45, 2.75) is 18.9 Å². The fourth-order valence-corrected chi connectivity index (χ4v) is 19.1. The molecule has 0 saturated carbocycles. The van der Waals surface area contributed by atoms with Crippen molar-refractivity contribution in [1.29, 1.82) is 0 Å². The van der Waals surface area contributed by atoms with E-state index in [0.29, 0.717) is 39.6 Å². The Kier molecular flexibility index (Phi) is 23.8. The second kappa shape index (κ2) is 37.9. The molecule has 14 nitrogen and oxygen atoms in total. The molecule has 0 aliphatic carbocycles. The van der Waals surface area contributed by atoms with Gasteiger partial charge in [0.05, 0.1) is 72.7 Å². The Hall–Kier alpha value is -14.9. The SMILES string of the molecule is Brc1ccc(N(c2ccccc2)c2ccc(Br)cc2)cc1.c1ccc(N(c2ccc(N(c3ccccc3)c3ccc4c(c3)c3ccccc3n4-c3ccc(C4OCCO4)cc3)cc2)c2ccc(N(c3ccccc3)c3ccc4c(c3)c3ccccc3n4-c3ccc(C4OCCO4)cc3)cc2)cc1.c1ccc(Nc2ccc3c(c2)c2ccccc2n3-c2ccc(C3OCCO3)cc2)cc1. The van der Waals surface area contributed by atoms with Crippen LogP contribution in [0.3, 0.4) is 0 Å². The number of anilines is 14. The van der Waals surface area contributed by atoms with Gasteiger partial charge in [-0.05, 0) is 267 Å². The number of nitrogens with one attached hydrogen (secondary N) is 1. The minimum absolute atomic E-state index is 0.251. The van der Waals surface area contributed by atoms with E-state index in [0.717, 1.165) is 144 Å². The van der Waals surface area contributed by atoms with Crippen molar-refractivity contribution in [1.82, 2.24) is 13.7 Å². The summed E-state index contributed by atoms with van der Waals surface area (Å²) in [5.41, 5.74) is 28.4. The second-order valence-electron chi connectivity index (χ2n) is 32.8. The van der Waals surface area contributed by atoms with E-state index in [9.17, 15) is 0 Å². The van der Waals surface area contributed by atoms with E-state index in [4.69, 9.17) is 28.4 Å². The van der Waals surface area contributed by atoms with Crippen LogP contribution in [-0.2, 0) is 28.4 Å². The Bertz CT molecular complexity index is 7300. The van der Waals surface area contributed by atoms with E-state index < -0.39 is 0 Å². The van der Waals surface area contributed by atoms with Crippen molar-refractivity contribution in [2.24, 2.45) is 0 Å². The lowest BCUT2D eigenvalue weighted by Gasteiger charge is -2.29. The predicted octanol–water partition coefficient (Wildman–Crippen LogP) is 31.6. The summed E-state index contributed by atoms with van der Waals surface area (Å²) in [6.07, 6.45) is -0.884. The predicted molar refractivity (Wildman–Crippen MR) is 550 cm³/mol. The maximum atomic E-state index is 5.81. The lowest BCUT2D eigenvalue weighted by molar-refractivity contribution is -0.0443. The molecule has 1 N–H and O–H groups in total. The molecule has 16 heteroatoms. The van der Waals surface area contributed by atoms with Crippen LogP contribution in [0, 0.1) is 0 Å². The zero-order chi connectivity index (χ0) is 88.9. The summed E-state index contributed by atoms with van der Waals surface area (Å²) in [7, 11) is 0. The standard InChI is InChI=1S/C72H55N5O4.C27H22N2O2.C18H13Br2N/c1-4-14-52(15-5-1)73(55-32-36-57(37-33-55)74(53-16-6-2-7-17-53)61-40-42-69-65(48-61)63-20-10-12-22-67(63)76(69)59-28-24-50(25-29-59)71-78-44-45-79-71)56-34-38-58(39-35-56)75(54-18-8-3-9-19-54)62-41-43-70-66(49-62)64-21-11-13-23-68(64)77(70)60-30-26-51(27-31-60)72-80-46-47-81-72;1-2-6-20(7-3-1)28-21-12-15-26-24(18-21)23-8-4-5-9-25(23)29(26)22-13-10-19(11-14-22)27-30-16-17-31-27;19-14-6-10-17(11-7-14)21(16-4-2-1-3-5-16)18-12-8-15(20)9-13-18/h1-43,48-49,71-72H,44-47H2;1-15,18,27-28H,16-17H2;1-13H. The molecule has 133 heavy (non-hydrogen) atoms. The number of hydrogen-bond acceptors (Lipinski definition) is 11. The average molecular weight is 1860 g/mol. The highest BCUT2D eigenvalue weighted by molar-refractivity contribution is 9.10. The van der Waals surface area contributed by atoms with Crippen LogP contribution in [0.1, 0.15) is 35.6 Å². The lowest BCUT2D eigenvalue weighted by Crippen LogP contribution is -2.13. The number of para-hydroxylation sites is 8. The molecule has 3 aromatic heterocycles. The first-order valence-corrected chi connectivity index (χ1v) is 46.4. The Labute approximate surface area is 788 Å². The van der Waals surface area contributed by atoms with Crippen LogP contribution in [-0.4, -0.2) is 53.3 Å². The molecule has 3 fully saturated rings. The molecular formula is C117H90Br2N8O6. The summed E-state index contributed by atoms with van der Waals surface area (Å²) in [6, 6.07) is 159. The van der Waals surface area contributed by atoms with Gasteiger partial charge in [-0.25, -0.2) is 0 Å². The number of aromatic nitrogens is 3. The molecule has 21 aromatic rings. The average Bonchev–Trinajstić information content (AvgIpc) is 1.61. The lowest BCUT2D eigenvalue weighted by atomic mass is 10.1. The summed E-state index contributed by atoms with van der Waals surface area (Å²) in [6.45, 7) is 3.76. The number of halogens is 2. The van der Waals surface area contributed by atoms with Crippen LogP contribution in [0.25, 0.3) is 82.5 Å². The molecule has 18 aromatic carbocycles. The van der Waals surface area contributed by atoms with Crippen molar-refractivity contribution in [3.05, 3.63) is 475 Å². The Morgan fingerprint density at radius 1 is 0.195 bits per heavy atom. The topological polar surface area (TPSA) is 95.2 Å². The Morgan fingerprint density at radius 2 is 0.421 bits per heavy atom. The number of hydrogen-bond donors (Lipinski definition) is 1. The van der Waals surface area contributed by atoms with Gasteiger partial charge in [0, 0.05) is 155 Å². The number of rotatable bonds is 20. The van der Waals surface area contributed by atoms with Gasteiger partial charge in [0.2, 0.25) is 0 Å². The first-order valence-electron chi connectivity index (χ1n) is 44.8. The minimum Gasteiger partial charge on any atom is -0.356 e. The van der Waals surface area contributed by atoms with Gasteiger partial charge in [-0.15, -0.1) is 0 Å². The number of nitrogens with zero attached hydrogens (tertiary/aromatic N) is 7. The highest BCUT2D eigenvalue weighted by Gasteiger charge is 2.27. The molecule has 3 saturated heterocycles. The van der Waals surface area contributed by atoms with E-state index in [2.05, 4.69) is 495 Å². The molecule has 0 unspecified atom stereocenters. The van der Waals surface area contributed by atoms with Crippen LogP contribution < -0.4 is 24.9 Å². The molecule has 0 amide bonds. The highest BCUT2D eigenvalue weighted by Crippen LogP contribution is 2.47. The molecule has 6 heterocycles. The number of ether oxygens (including phenoxy) is 6. The van der Waals surface area contributed by atoms with Crippen molar-refractivity contribution in [3.63, 3.8) is 0 Å². The van der Waals surface area contributed by atoms with E-state index in [-0.39, 0.29) is 18.9 Å². The molecular weight excluding hydrogens is 1770 g/mol. The van der Waals surface area contributed by atoms with Gasteiger partial charge in [-0.2, -0.15) is 0 Å². The van der Waals surface area contributed by atoms with Crippen LogP contribution in [0.2, 0.25) is 0 Å². The van der Waals surface area contributed by atoms with Gasteiger partial charge in [0.25, 0.3) is 0 Å². The van der Waals surface area contributed by atoms with Crippen LogP contribution in [0.4, 0.5) is 79.6 Å². The first kappa shape index (κ1) is 83.7. The van der Waals surface area contributed by atoms with Crippen LogP contribution in [0.5, 0.6) is 0 Å². The van der Waals surface area contributed by atoms with E-state index in [1.165, 1.54) is 43.4 Å². The van der Waals surface area contributed by atoms with E-state index in [1.54, 1.807) is 0 Å². The van der Waals surface area contributed by atoms with Crippen molar-refractivity contribution >= 4 is 177 Å². The van der Waals surface area contributed by atoms with Crippen molar-refractivity contribution in [2.75, 3.05) is 64.6 Å². The van der Waals surface area contributed by atoms with Gasteiger partial charge in [-0.1, -0.05) is 214 Å². The van der Waals surface area contributed by atoms with E-state index >= 15 is 0 Å². The summed E-state index contributed by atoms with van der Waals surface area (Å²) >= 11 is 6.98. The monoisotopic (exact) mass is 1860 g/mol. The molecule has 0 radical (unpaired) electrons. The van der Waals surface area contributed by atoms with Gasteiger partial charge in [-0.3, -0.25) is 0 Å². The van der Waals surface area contributed by atoms with Gasteiger partial charge >= 0.3 is 0 Å². The normalized spacial score (nSPS) is 13.5. The smallest absolute Gasteiger partial charge is 0.184 e. The molecule has 0 atom stereocenters. The largest absolute Gasteiger partial charge is 0.356 e. The van der Waals surface area contributed by atoms with E-state index in [1.807, 2.05) is 24.3 Å². The van der Waals surface area contributed by atoms with Gasteiger partial charge < -0.3 is 67.0 Å². The molecule has 3 aliphatic heterocycles. The third kappa shape index (κ3) is 17.2. The number of fused-ring (bicyclic) bond motifs is 9. The van der Waals surface area contributed by atoms with Gasteiger partial charge in [0.15, 0.2) is 18.9 Å². The molecule has 3 aliphatic rings. The Morgan fingerprint density at radius 3 is 0.722 bits per heavy atom.